The Hall–Kier alpha value is -2.43. The number of ketones is 2. The minimum absolute atomic E-state index is 0.281. The van der Waals surface area contributed by atoms with E-state index in [-0.39, 0.29) is 11.6 Å². The summed E-state index contributed by atoms with van der Waals surface area (Å²) in [6.45, 7) is 0. The Bertz CT molecular complexity index is 630. The zero-order valence-electron chi connectivity index (χ0n) is 10.7. The minimum atomic E-state index is -0.281. The summed E-state index contributed by atoms with van der Waals surface area (Å²) in [7, 11) is 0. The highest BCUT2D eigenvalue weighted by atomic mass is 16.2. The molecule has 5 heteroatoms. The summed E-state index contributed by atoms with van der Waals surface area (Å²) < 4.78 is 0. The number of aromatic nitrogens is 1. The first-order valence-corrected chi connectivity index (χ1v) is 6.44. The van der Waals surface area contributed by atoms with Crippen molar-refractivity contribution in [3.63, 3.8) is 0 Å². The van der Waals surface area contributed by atoms with Crippen LogP contribution in [-0.2, 0) is 12.8 Å². The molecule has 0 saturated heterocycles. The fourth-order valence-corrected chi connectivity index (χ4v) is 2.69. The lowest BCUT2D eigenvalue weighted by Crippen LogP contribution is -2.22. The van der Waals surface area contributed by atoms with E-state index in [4.69, 9.17) is 10.2 Å². The number of aryl methyl sites for hydroxylation is 2. The van der Waals surface area contributed by atoms with Crippen LogP contribution in [-0.4, -0.2) is 26.8 Å². The van der Waals surface area contributed by atoms with Gasteiger partial charge in [0.05, 0.1) is 23.9 Å². The van der Waals surface area contributed by atoms with E-state index in [0.717, 1.165) is 12.5 Å². The zero-order chi connectivity index (χ0) is 14.3. The van der Waals surface area contributed by atoms with E-state index in [1.807, 2.05) is 0 Å². The molecule has 0 spiro atoms. The van der Waals surface area contributed by atoms with Gasteiger partial charge in [0.15, 0.2) is 11.6 Å². The monoisotopic (exact) mass is 271 g/mol. The molecule has 1 heterocycles. The number of nitrogens with zero attached hydrogens (tertiary/aromatic N) is 1. The summed E-state index contributed by atoms with van der Waals surface area (Å²) in [5.41, 5.74) is 2.79. The molecule has 0 unspecified atom stereocenters. The summed E-state index contributed by atoms with van der Waals surface area (Å²) in [5, 5.41) is 18.1. The summed E-state index contributed by atoms with van der Waals surface area (Å²) in [4.78, 5) is 28.7. The molecule has 0 atom stereocenters. The molecule has 1 aromatic rings. The number of allylic oxidation sites excluding steroid dienone is 2. The Morgan fingerprint density at radius 2 is 1.30 bits per heavy atom. The van der Waals surface area contributed by atoms with Gasteiger partial charge in [-0.25, -0.2) is 0 Å². The summed E-state index contributed by atoms with van der Waals surface area (Å²) in [6, 6.07) is 1.55. The number of fused-ring (bicyclic) bond motifs is 2. The lowest BCUT2D eigenvalue weighted by atomic mass is 9.85. The van der Waals surface area contributed by atoms with E-state index in [1.54, 1.807) is 6.07 Å². The van der Waals surface area contributed by atoms with Crippen molar-refractivity contribution in [2.45, 2.75) is 25.7 Å². The third-order valence-corrected chi connectivity index (χ3v) is 3.83. The van der Waals surface area contributed by atoms with Gasteiger partial charge in [0, 0.05) is 22.3 Å². The Balaban J connectivity index is 2.15. The summed E-state index contributed by atoms with van der Waals surface area (Å²) in [5.74, 6) is -0.561. The molecular formula is C15H13NO4. The molecule has 2 N–H and O–H groups in total. The van der Waals surface area contributed by atoms with Crippen LogP contribution in [0.15, 0.2) is 29.7 Å². The van der Waals surface area contributed by atoms with E-state index in [2.05, 4.69) is 4.98 Å². The first kappa shape index (κ1) is 12.6. The predicted molar refractivity (Wildman–Crippen MR) is 71.0 cm³/mol. The van der Waals surface area contributed by atoms with Crippen molar-refractivity contribution in [3.05, 3.63) is 52.3 Å². The van der Waals surface area contributed by atoms with Gasteiger partial charge in [0.25, 0.3) is 0 Å². The van der Waals surface area contributed by atoms with E-state index in [9.17, 15) is 9.59 Å². The first-order valence-electron chi connectivity index (χ1n) is 6.44. The molecular weight excluding hydrogens is 258 g/mol. The lowest BCUT2D eigenvalue weighted by Gasteiger charge is -2.21. The zero-order valence-corrected chi connectivity index (χ0v) is 10.7. The molecule has 1 aromatic heterocycles. The van der Waals surface area contributed by atoms with E-state index in [0.29, 0.717) is 59.3 Å². The SMILES string of the molecule is O=C1C(=CO)CCc2nc3c(cc21)C(=O)C(=CO)CC3. The van der Waals surface area contributed by atoms with Crippen LogP contribution in [0.4, 0.5) is 0 Å². The maximum Gasteiger partial charge on any atom is 0.193 e. The molecule has 5 nitrogen and oxygen atoms in total. The Labute approximate surface area is 115 Å². The molecule has 0 saturated carbocycles. The van der Waals surface area contributed by atoms with Gasteiger partial charge in [-0.05, 0) is 31.7 Å². The fraction of sp³-hybridized carbons (Fsp3) is 0.267. The van der Waals surface area contributed by atoms with Crippen LogP contribution in [0, 0.1) is 0 Å². The number of Topliss-reactive ketones (excluding diaryl/α,β-unsaturated/α-hetero) is 2. The van der Waals surface area contributed by atoms with E-state index < -0.39 is 0 Å². The van der Waals surface area contributed by atoms with Crippen LogP contribution in [0.1, 0.15) is 44.9 Å². The number of hydrogen-bond acceptors (Lipinski definition) is 5. The molecule has 0 aromatic carbocycles. The summed E-state index contributed by atoms with van der Waals surface area (Å²) in [6.07, 6.45) is 3.74. The number of hydrogen-bond donors (Lipinski definition) is 2. The fourth-order valence-electron chi connectivity index (χ4n) is 2.69. The Kier molecular flexibility index (Phi) is 2.89. The number of carbonyl (C=O) groups is 2. The molecule has 0 radical (unpaired) electrons. The first-order chi connectivity index (χ1) is 9.65. The van der Waals surface area contributed by atoms with Gasteiger partial charge in [0.2, 0.25) is 0 Å². The molecule has 3 rings (SSSR count). The van der Waals surface area contributed by atoms with Gasteiger partial charge >= 0.3 is 0 Å². The van der Waals surface area contributed by atoms with Gasteiger partial charge < -0.3 is 10.2 Å². The average molecular weight is 271 g/mol. The number of carbonyl (C=O) groups excluding carboxylic acids is 2. The van der Waals surface area contributed by atoms with Crippen molar-refractivity contribution in [1.82, 2.24) is 4.98 Å². The van der Waals surface area contributed by atoms with Gasteiger partial charge in [-0.2, -0.15) is 0 Å². The molecule has 2 aliphatic carbocycles. The van der Waals surface area contributed by atoms with Crippen LogP contribution >= 0.6 is 0 Å². The third kappa shape index (κ3) is 1.74. The Morgan fingerprint density at radius 1 is 0.850 bits per heavy atom. The highest BCUT2D eigenvalue weighted by Gasteiger charge is 2.29. The largest absolute Gasteiger partial charge is 0.515 e. The second kappa shape index (κ2) is 4.59. The van der Waals surface area contributed by atoms with Crippen LogP contribution in [0.5, 0.6) is 0 Å². The number of pyridine rings is 1. The molecule has 0 amide bonds. The minimum Gasteiger partial charge on any atom is -0.515 e. The van der Waals surface area contributed by atoms with Crippen LogP contribution in [0.3, 0.4) is 0 Å². The Morgan fingerprint density at radius 3 is 1.70 bits per heavy atom. The smallest absolute Gasteiger partial charge is 0.193 e. The molecule has 0 fully saturated rings. The van der Waals surface area contributed by atoms with E-state index in [1.165, 1.54) is 0 Å². The number of aliphatic hydroxyl groups is 2. The second-order valence-electron chi connectivity index (χ2n) is 4.94. The molecule has 2 aliphatic rings. The van der Waals surface area contributed by atoms with Crippen molar-refractivity contribution < 1.29 is 19.8 Å². The van der Waals surface area contributed by atoms with Crippen LogP contribution in [0.2, 0.25) is 0 Å². The quantitative estimate of drug-likeness (QED) is 0.558. The normalized spacial score (nSPS) is 22.0. The second-order valence-corrected chi connectivity index (χ2v) is 4.94. The standard InChI is InChI=1S/C15H13NO4/c17-6-8-1-3-12-10(14(8)19)5-11-13(16-12)4-2-9(7-18)15(11)20/h5-7,17-18H,1-4H2. The highest BCUT2D eigenvalue weighted by Crippen LogP contribution is 2.30. The van der Waals surface area contributed by atoms with Crippen molar-refractivity contribution >= 4 is 11.6 Å². The van der Waals surface area contributed by atoms with Crippen molar-refractivity contribution in [2.24, 2.45) is 0 Å². The topological polar surface area (TPSA) is 87.5 Å². The maximum atomic E-state index is 12.1. The third-order valence-electron chi connectivity index (χ3n) is 3.83. The summed E-state index contributed by atoms with van der Waals surface area (Å²) >= 11 is 0. The van der Waals surface area contributed by atoms with Gasteiger partial charge in [-0.15, -0.1) is 0 Å². The number of rotatable bonds is 0. The van der Waals surface area contributed by atoms with Crippen molar-refractivity contribution in [3.8, 4) is 0 Å². The van der Waals surface area contributed by atoms with E-state index >= 15 is 0 Å². The number of aliphatic hydroxyl groups excluding tert-OH is 2. The van der Waals surface area contributed by atoms with Gasteiger partial charge in [-0.3, -0.25) is 14.6 Å². The van der Waals surface area contributed by atoms with Gasteiger partial charge in [-0.1, -0.05) is 0 Å². The van der Waals surface area contributed by atoms with Crippen molar-refractivity contribution in [2.75, 3.05) is 0 Å². The van der Waals surface area contributed by atoms with Crippen LogP contribution < -0.4 is 0 Å². The maximum absolute atomic E-state index is 12.1. The molecule has 20 heavy (non-hydrogen) atoms. The molecule has 0 bridgehead atoms. The molecule has 102 valence electrons. The highest BCUT2D eigenvalue weighted by molar-refractivity contribution is 6.14. The lowest BCUT2D eigenvalue weighted by molar-refractivity contribution is 0.102. The predicted octanol–water partition coefficient (Wildman–Crippen LogP) is 2.22. The molecule has 0 aliphatic heterocycles. The van der Waals surface area contributed by atoms with Crippen LogP contribution in [0.25, 0.3) is 0 Å². The van der Waals surface area contributed by atoms with Gasteiger partial charge in [0.1, 0.15) is 0 Å². The average Bonchev–Trinajstić information content (AvgIpc) is 2.47. The van der Waals surface area contributed by atoms with Crippen molar-refractivity contribution in [1.29, 1.82) is 0 Å².